The summed E-state index contributed by atoms with van der Waals surface area (Å²) in [5.74, 6) is -0.114. The van der Waals surface area contributed by atoms with Crippen LogP contribution in [0.3, 0.4) is 0 Å². The molecule has 0 amide bonds. The molecule has 3 rings (SSSR count). The Morgan fingerprint density at radius 2 is 1.27 bits per heavy atom. The Morgan fingerprint density at radius 3 is 1.68 bits per heavy atom. The maximum atomic E-state index is 14.0. The van der Waals surface area contributed by atoms with Crippen molar-refractivity contribution in [3.63, 3.8) is 0 Å². The normalized spacial score (nSPS) is 14.3. The smallest absolute Gasteiger partial charge is 0.271 e. The predicted octanol–water partition coefficient (Wildman–Crippen LogP) is 7.19. The first-order valence-corrected chi connectivity index (χ1v) is 20.7. The second-order valence-electron chi connectivity index (χ2n) is 13.6. The van der Waals surface area contributed by atoms with Gasteiger partial charge in [0.25, 0.3) is 18.3 Å². The van der Waals surface area contributed by atoms with Crippen LogP contribution in [0.4, 0.5) is 0 Å². The van der Waals surface area contributed by atoms with Crippen LogP contribution in [0, 0.1) is 12.8 Å². The lowest BCUT2D eigenvalue weighted by Crippen LogP contribution is -2.66. The van der Waals surface area contributed by atoms with Crippen molar-refractivity contribution in [2.24, 2.45) is 11.0 Å². The molecule has 222 valence electrons. The summed E-state index contributed by atoms with van der Waals surface area (Å²) in [6, 6.07) is 28.1. The fourth-order valence-corrected chi connectivity index (χ4v) is 14.8. The van der Waals surface area contributed by atoms with Crippen LogP contribution in [-0.4, -0.2) is 41.9 Å². The molecule has 0 aliphatic carbocycles. The Balaban J connectivity index is 2.01. The topological polar surface area (TPSA) is 59.0 Å². The summed E-state index contributed by atoms with van der Waals surface area (Å²) in [5, 5.41) is 6.81. The molecule has 0 fully saturated rings. The van der Waals surface area contributed by atoms with Gasteiger partial charge in [0.1, 0.15) is 0 Å². The minimum absolute atomic E-state index is 0.114. The molecule has 0 aromatic heterocycles. The van der Waals surface area contributed by atoms with Gasteiger partial charge in [-0.2, -0.15) is 5.10 Å². The Morgan fingerprint density at radius 1 is 0.805 bits per heavy atom. The summed E-state index contributed by atoms with van der Waals surface area (Å²) in [5.41, 5.74) is 1.01. The Hall–Kier alpha value is -2.53. The van der Waals surface area contributed by atoms with Gasteiger partial charge in [-0.05, 0) is 52.6 Å². The molecule has 0 heterocycles. The molecule has 1 atom stereocenters. The third kappa shape index (κ3) is 6.93. The van der Waals surface area contributed by atoms with Crippen LogP contribution in [0.25, 0.3) is 0 Å². The van der Waals surface area contributed by atoms with Crippen LogP contribution in [0.2, 0.25) is 23.2 Å². The fourth-order valence-electron chi connectivity index (χ4n) is 4.84. The van der Waals surface area contributed by atoms with E-state index in [1.807, 2.05) is 38.1 Å². The molecule has 0 saturated heterocycles. The second kappa shape index (κ2) is 12.4. The highest BCUT2D eigenvalue weighted by Gasteiger charge is 2.50. The molecule has 41 heavy (non-hydrogen) atoms. The number of aryl methyl sites for hydroxylation is 1. The second-order valence-corrected chi connectivity index (χ2v) is 25.0. The maximum Gasteiger partial charge on any atom is 0.271 e. The van der Waals surface area contributed by atoms with E-state index in [0.29, 0.717) is 6.61 Å². The Kier molecular flexibility index (Phi) is 9.95. The van der Waals surface area contributed by atoms with Crippen LogP contribution in [0.15, 0.2) is 94.9 Å². The van der Waals surface area contributed by atoms with E-state index in [-0.39, 0.29) is 20.9 Å². The summed E-state index contributed by atoms with van der Waals surface area (Å²) in [7, 11) is -9.17. The van der Waals surface area contributed by atoms with Crippen LogP contribution in [-0.2, 0) is 14.4 Å². The summed E-state index contributed by atoms with van der Waals surface area (Å²) >= 11 is 0. The maximum absolute atomic E-state index is 14.0. The van der Waals surface area contributed by atoms with Crippen molar-refractivity contribution >= 4 is 43.2 Å². The highest BCUT2D eigenvalue weighted by Crippen LogP contribution is 2.41. The molecule has 0 radical (unpaired) electrons. The molecule has 3 aromatic rings. The third-order valence-electron chi connectivity index (χ3n) is 8.27. The van der Waals surface area contributed by atoms with Crippen molar-refractivity contribution in [2.45, 2.75) is 83.5 Å². The van der Waals surface area contributed by atoms with Crippen LogP contribution >= 0.6 is 0 Å². The summed E-state index contributed by atoms with van der Waals surface area (Å²) in [6.45, 7) is 21.6. The molecule has 5 nitrogen and oxygen atoms in total. The zero-order valence-corrected chi connectivity index (χ0v) is 29.3. The highest BCUT2D eigenvalue weighted by molar-refractivity contribution is 7.90. The number of hydrogen-bond donors (Lipinski definition) is 0. The van der Waals surface area contributed by atoms with Gasteiger partial charge in [-0.15, -0.1) is 0 Å². The lowest BCUT2D eigenvalue weighted by atomic mass is 10.2. The molecular weight excluding hydrogens is 561 g/mol. The number of hydrazone groups is 1. The highest BCUT2D eigenvalue weighted by atomic mass is 32.2. The number of sulfonamides is 1. The quantitative estimate of drug-likeness (QED) is 0.139. The van der Waals surface area contributed by atoms with Gasteiger partial charge in [-0.25, -0.2) is 12.5 Å². The van der Waals surface area contributed by atoms with E-state index in [1.54, 1.807) is 18.3 Å². The average Bonchev–Trinajstić information content (AvgIpc) is 2.89. The first kappa shape index (κ1) is 33.0. The lowest BCUT2D eigenvalue weighted by Gasteiger charge is -2.43. The monoisotopic (exact) mass is 608 g/mol. The fraction of sp³-hybridized carbons (Fsp3) is 0.424. The van der Waals surface area contributed by atoms with Crippen molar-refractivity contribution < 1.29 is 12.8 Å². The third-order valence-corrected chi connectivity index (χ3v) is 21.5. The van der Waals surface area contributed by atoms with E-state index in [0.717, 1.165) is 5.56 Å². The van der Waals surface area contributed by atoms with E-state index < -0.39 is 26.6 Å². The first-order valence-electron chi connectivity index (χ1n) is 14.4. The Labute approximate surface area is 250 Å². The van der Waals surface area contributed by atoms with Gasteiger partial charge in [-0.3, -0.25) is 0 Å². The summed E-state index contributed by atoms with van der Waals surface area (Å²) in [4.78, 5) is 0.265. The minimum Gasteiger partial charge on any atom is -0.407 e. The van der Waals surface area contributed by atoms with Gasteiger partial charge in [0.2, 0.25) is 8.24 Å². The number of hydrogen-bond acceptors (Lipinski definition) is 4. The largest absolute Gasteiger partial charge is 0.407 e. The molecule has 0 spiro atoms. The van der Waals surface area contributed by atoms with Gasteiger partial charge < -0.3 is 4.43 Å². The summed E-state index contributed by atoms with van der Waals surface area (Å²) < 4.78 is 36.5. The minimum atomic E-state index is -3.84. The van der Waals surface area contributed by atoms with E-state index in [2.05, 4.69) is 103 Å². The van der Waals surface area contributed by atoms with E-state index in [4.69, 9.17) is 9.53 Å². The molecule has 0 bridgehead atoms. The zero-order valence-electron chi connectivity index (χ0n) is 26.5. The molecule has 8 heteroatoms. The molecular formula is C33H48N2O3SSi2. The lowest BCUT2D eigenvalue weighted by molar-refractivity contribution is 0.276. The molecule has 0 N–H and O–H groups in total. The van der Waals surface area contributed by atoms with Crippen molar-refractivity contribution in [2.75, 3.05) is 6.61 Å². The van der Waals surface area contributed by atoms with Gasteiger partial charge in [-0.1, -0.05) is 127 Å². The average molecular weight is 609 g/mol. The van der Waals surface area contributed by atoms with Gasteiger partial charge in [0, 0.05) is 18.7 Å². The van der Waals surface area contributed by atoms with E-state index in [1.165, 1.54) is 14.5 Å². The van der Waals surface area contributed by atoms with Gasteiger partial charge in [0.15, 0.2) is 0 Å². The number of rotatable bonds is 10. The molecule has 0 aliphatic heterocycles. The Bertz CT molecular complexity index is 1370. The van der Waals surface area contributed by atoms with E-state index >= 15 is 0 Å². The molecule has 0 unspecified atom stereocenters. The SMILES string of the molecule is Cc1ccc(S(=O)(=O)N(/N=C/[C@H](C)CO[Si](c2ccccc2)(c2ccccc2)C(C)(C)C)[Si](C)(C)C(C)(C)C)cc1. The first-order chi connectivity index (χ1) is 18.9. The zero-order chi connectivity index (χ0) is 30.7. The molecule has 3 aromatic carbocycles. The summed E-state index contributed by atoms with van der Waals surface area (Å²) in [6.07, 6.45) is 1.77. The van der Waals surface area contributed by atoms with Crippen molar-refractivity contribution in [1.82, 2.24) is 4.08 Å². The molecule has 0 aliphatic rings. The standard InChI is InChI=1S/C33H48N2O3SSi2/c1-27-21-23-29(24-22-27)39(36,37)35(40(9,10)32(3,4)5)34-25-28(2)26-38-41(33(6,7)8,30-17-13-11-14-18-30)31-19-15-12-16-20-31/h11-25,28H,26H2,1-10H3/b34-25+/t28-/m0/s1. The van der Waals surface area contributed by atoms with Crippen LogP contribution in [0.5, 0.6) is 0 Å². The van der Waals surface area contributed by atoms with E-state index in [9.17, 15) is 8.42 Å². The van der Waals surface area contributed by atoms with Crippen molar-refractivity contribution in [3.8, 4) is 0 Å². The van der Waals surface area contributed by atoms with Crippen molar-refractivity contribution in [3.05, 3.63) is 90.5 Å². The predicted molar refractivity (Wildman–Crippen MR) is 179 cm³/mol. The van der Waals surface area contributed by atoms with Gasteiger partial charge in [0.05, 0.1) is 4.90 Å². The molecule has 0 saturated carbocycles. The van der Waals surface area contributed by atoms with Crippen LogP contribution in [0.1, 0.15) is 54.0 Å². The van der Waals surface area contributed by atoms with Crippen molar-refractivity contribution in [1.29, 1.82) is 0 Å². The van der Waals surface area contributed by atoms with Crippen LogP contribution < -0.4 is 10.4 Å². The number of nitrogens with zero attached hydrogens (tertiary/aromatic N) is 2. The number of benzene rings is 3. The van der Waals surface area contributed by atoms with Gasteiger partial charge >= 0.3 is 0 Å².